The van der Waals surface area contributed by atoms with Crippen molar-refractivity contribution >= 4 is 10.0 Å². The van der Waals surface area contributed by atoms with Crippen molar-refractivity contribution in [1.29, 1.82) is 0 Å². The Bertz CT molecular complexity index is 933. The second kappa shape index (κ2) is 12.9. The van der Waals surface area contributed by atoms with Gasteiger partial charge in [0.1, 0.15) is 11.5 Å². The first kappa shape index (κ1) is 26.3. The summed E-state index contributed by atoms with van der Waals surface area (Å²) in [5.41, 5.74) is 1.85. The van der Waals surface area contributed by atoms with Gasteiger partial charge in [0.15, 0.2) is 0 Å². The molecule has 1 aliphatic heterocycles. The summed E-state index contributed by atoms with van der Waals surface area (Å²) in [6.07, 6.45) is 5.54. The summed E-state index contributed by atoms with van der Waals surface area (Å²) in [7, 11) is -0.338. The van der Waals surface area contributed by atoms with E-state index in [1.807, 2.05) is 54.6 Å². The molecule has 1 heterocycles. The highest BCUT2D eigenvalue weighted by atomic mass is 32.2. The molecule has 2 aromatic rings. The molecule has 1 atom stereocenters. The average Bonchev–Trinajstić information content (AvgIpc) is 2.87. The first-order chi connectivity index (χ1) is 16.5. The van der Waals surface area contributed by atoms with Crippen LogP contribution in [0, 0.1) is 5.92 Å². The molecular weight excluding hydrogens is 450 g/mol. The van der Waals surface area contributed by atoms with E-state index in [0.29, 0.717) is 51.5 Å². The third-order valence-corrected chi connectivity index (χ3v) is 8.70. The molecule has 1 unspecified atom stereocenters. The Labute approximate surface area is 204 Å². The second-order valence-corrected chi connectivity index (χ2v) is 11.0. The smallest absolute Gasteiger partial charge is 0.217 e. The molecule has 7 heteroatoms. The summed E-state index contributed by atoms with van der Waals surface area (Å²) in [5, 5.41) is -0.454. The van der Waals surface area contributed by atoms with Gasteiger partial charge in [0.05, 0.1) is 19.5 Å². The Hall–Kier alpha value is -2.35. The molecule has 1 saturated heterocycles. The summed E-state index contributed by atoms with van der Waals surface area (Å²) in [6, 6.07) is 15.2. The fourth-order valence-electron chi connectivity index (χ4n) is 4.36. The van der Waals surface area contributed by atoms with Crippen molar-refractivity contribution in [1.82, 2.24) is 4.31 Å². The van der Waals surface area contributed by atoms with Crippen LogP contribution in [0.4, 0.5) is 0 Å². The number of rotatable bonds is 13. The molecule has 0 radical (unpaired) electrons. The van der Waals surface area contributed by atoms with Crippen LogP contribution in [0.2, 0.25) is 0 Å². The third-order valence-electron chi connectivity index (χ3n) is 6.45. The van der Waals surface area contributed by atoms with E-state index >= 15 is 0 Å². The van der Waals surface area contributed by atoms with E-state index in [1.165, 1.54) is 0 Å². The predicted octanol–water partition coefficient (Wildman–Crippen LogP) is 5.19. The summed E-state index contributed by atoms with van der Waals surface area (Å²) in [5.74, 6) is 1.86. The number of allylic oxidation sites excluding steroid dienone is 1. The lowest BCUT2D eigenvalue weighted by Gasteiger charge is -2.31. The Morgan fingerprint density at radius 1 is 0.971 bits per heavy atom. The molecule has 0 aromatic heterocycles. The van der Waals surface area contributed by atoms with Crippen LogP contribution >= 0.6 is 0 Å². The predicted molar refractivity (Wildman–Crippen MR) is 136 cm³/mol. The van der Waals surface area contributed by atoms with Crippen LogP contribution < -0.4 is 9.47 Å². The van der Waals surface area contributed by atoms with Gasteiger partial charge in [0, 0.05) is 26.3 Å². The maximum absolute atomic E-state index is 14.1. The minimum absolute atomic E-state index is 0.302. The highest BCUT2D eigenvalue weighted by Crippen LogP contribution is 2.29. The van der Waals surface area contributed by atoms with E-state index in [2.05, 4.69) is 6.58 Å². The average molecular weight is 488 g/mol. The number of hydrogen-bond acceptors (Lipinski definition) is 5. The van der Waals surface area contributed by atoms with E-state index in [0.717, 1.165) is 35.5 Å². The van der Waals surface area contributed by atoms with Gasteiger partial charge in [-0.1, -0.05) is 30.3 Å². The molecule has 0 saturated carbocycles. The van der Waals surface area contributed by atoms with Crippen LogP contribution in [0.15, 0.2) is 61.2 Å². The number of sulfonamides is 1. The van der Waals surface area contributed by atoms with Crippen molar-refractivity contribution in [2.45, 2.75) is 50.4 Å². The van der Waals surface area contributed by atoms with Crippen molar-refractivity contribution in [3.05, 3.63) is 72.3 Å². The topological polar surface area (TPSA) is 65.1 Å². The van der Waals surface area contributed by atoms with Crippen molar-refractivity contribution in [2.24, 2.45) is 5.92 Å². The van der Waals surface area contributed by atoms with Crippen molar-refractivity contribution < 1.29 is 22.6 Å². The monoisotopic (exact) mass is 487 g/mol. The summed E-state index contributed by atoms with van der Waals surface area (Å²) in [4.78, 5) is 0. The normalized spacial score (nSPS) is 15.7. The highest BCUT2D eigenvalue weighted by Gasteiger charge is 2.34. The zero-order valence-electron chi connectivity index (χ0n) is 20.3. The molecule has 0 bridgehead atoms. The van der Waals surface area contributed by atoms with Crippen LogP contribution in [0.3, 0.4) is 0 Å². The molecule has 0 spiro atoms. The summed E-state index contributed by atoms with van der Waals surface area (Å²) in [6.45, 7) is 5.84. The van der Waals surface area contributed by atoms with Crippen molar-refractivity contribution in [3.8, 4) is 11.5 Å². The standard InChI is InChI=1S/C27H37NO5S/c1-4-5-6-27(19-22-15-17-33-18-16-22)34(29,30)28(20-23-7-11-25(31-2)12-8-23)21-24-9-13-26(32-3)14-10-24/h4,7-14,22,27H,1,5-6,15-21H2,2-3H3. The van der Waals surface area contributed by atoms with E-state index in [4.69, 9.17) is 14.2 Å². The molecule has 0 aliphatic carbocycles. The van der Waals surface area contributed by atoms with Crippen LogP contribution in [-0.4, -0.2) is 45.4 Å². The first-order valence-electron chi connectivity index (χ1n) is 11.9. The molecule has 2 aromatic carbocycles. The lowest BCUT2D eigenvalue weighted by atomic mass is 9.93. The van der Waals surface area contributed by atoms with Crippen molar-refractivity contribution in [3.63, 3.8) is 0 Å². The third kappa shape index (κ3) is 7.32. The fraction of sp³-hybridized carbons (Fsp3) is 0.481. The van der Waals surface area contributed by atoms with Crippen LogP contribution in [0.5, 0.6) is 11.5 Å². The SMILES string of the molecule is C=CCCC(CC1CCOCC1)S(=O)(=O)N(Cc1ccc(OC)cc1)Cc1ccc(OC)cc1. The zero-order valence-corrected chi connectivity index (χ0v) is 21.1. The van der Waals surface area contributed by atoms with Crippen LogP contribution in [-0.2, 0) is 27.8 Å². The quantitative estimate of drug-likeness (QED) is 0.364. The van der Waals surface area contributed by atoms with Gasteiger partial charge in [-0.2, -0.15) is 4.31 Å². The van der Waals surface area contributed by atoms with E-state index < -0.39 is 15.3 Å². The van der Waals surface area contributed by atoms with Gasteiger partial charge in [0.25, 0.3) is 0 Å². The molecule has 1 fully saturated rings. The largest absolute Gasteiger partial charge is 0.497 e. The molecule has 34 heavy (non-hydrogen) atoms. The minimum Gasteiger partial charge on any atom is -0.497 e. The first-order valence-corrected chi connectivity index (χ1v) is 13.4. The molecule has 186 valence electrons. The maximum Gasteiger partial charge on any atom is 0.217 e. The van der Waals surface area contributed by atoms with Gasteiger partial charge in [-0.15, -0.1) is 6.58 Å². The van der Waals surface area contributed by atoms with Gasteiger partial charge in [-0.25, -0.2) is 8.42 Å². The molecule has 1 aliphatic rings. The van der Waals surface area contributed by atoms with Gasteiger partial charge in [-0.3, -0.25) is 0 Å². The van der Waals surface area contributed by atoms with Gasteiger partial charge in [0.2, 0.25) is 10.0 Å². The minimum atomic E-state index is -3.58. The van der Waals surface area contributed by atoms with E-state index in [-0.39, 0.29) is 0 Å². The molecule has 6 nitrogen and oxygen atoms in total. The summed E-state index contributed by atoms with van der Waals surface area (Å²) >= 11 is 0. The van der Waals surface area contributed by atoms with Gasteiger partial charge in [-0.05, 0) is 73.4 Å². The lowest BCUT2D eigenvalue weighted by molar-refractivity contribution is 0.0632. The number of benzene rings is 2. The van der Waals surface area contributed by atoms with Crippen molar-refractivity contribution in [2.75, 3.05) is 27.4 Å². The lowest BCUT2D eigenvalue weighted by Crippen LogP contribution is -2.39. The Kier molecular flexibility index (Phi) is 9.99. The van der Waals surface area contributed by atoms with E-state index in [9.17, 15) is 8.42 Å². The highest BCUT2D eigenvalue weighted by molar-refractivity contribution is 7.89. The van der Waals surface area contributed by atoms with Gasteiger partial charge < -0.3 is 14.2 Å². The second-order valence-electron chi connectivity index (χ2n) is 8.79. The van der Waals surface area contributed by atoms with Crippen LogP contribution in [0.1, 0.15) is 43.2 Å². The summed E-state index contributed by atoms with van der Waals surface area (Å²) < 4.78 is 45.8. The zero-order chi connectivity index (χ0) is 24.4. The molecule has 3 rings (SSSR count). The van der Waals surface area contributed by atoms with Gasteiger partial charge >= 0.3 is 0 Å². The number of methoxy groups -OCH3 is 2. The maximum atomic E-state index is 14.1. The Morgan fingerprint density at radius 3 is 1.91 bits per heavy atom. The molecule has 0 amide bonds. The number of ether oxygens (including phenoxy) is 3. The Balaban J connectivity index is 1.88. The number of hydrogen-bond donors (Lipinski definition) is 0. The van der Waals surface area contributed by atoms with E-state index in [1.54, 1.807) is 18.5 Å². The molecule has 0 N–H and O–H groups in total. The van der Waals surface area contributed by atoms with Crippen LogP contribution in [0.25, 0.3) is 0 Å². The molecular formula is C27H37NO5S. The number of nitrogens with zero attached hydrogens (tertiary/aromatic N) is 1. The Morgan fingerprint density at radius 2 is 1.47 bits per heavy atom. The fourth-order valence-corrected chi connectivity index (χ4v) is 6.39.